The summed E-state index contributed by atoms with van der Waals surface area (Å²) in [6.07, 6.45) is 5.27. The molecule has 0 amide bonds. The average molecular weight is 697 g/mol. The van der Waals surface area contributed by atoms with Crippen molar-refractivity contribution in [3.8, 4) is 0 Å². The molecule has 0 N–H and O–H groups in total. The highest BCUT2D eigenvalue weighted by Crippen LogP contribution is 2.57. The highest BCUT2D eigenvalue weighted by Gasteiger charge is 2.59. The zero-order chi connectivity index (χ0) is 33.1. The van der Waals surface area contributed by atoms with Crippen LogP contribution in [0.25, 0.3) is 0 Å². The molecule has 0 spiro atoms. The van der Waals surface area contributed by atoms with Gasteiger partial charge in [-0.1, -0.05) is 54.6 Å². The molecule has 45 heavy (non-hydrogen) atoms. The quantitative estimate of drug-likeness (QED) is 0.0695. The number of benzene rings is 3. The SMILES string of the molecule is ClCCl.F[B-](F)(F)F.F[B-](F)(F)F.c1ccc([P+](c2ccccc2)(c2ccccc2)c2c(N3CCCC3)c2=[N+]2CCCC2)cc1. The first kappa shape index (κ1) is 36.9. The van der Waals surface area contributed by atoms with E-state index in [9.17, 15) is 34.5 Å². The van der Waals surface area contributed by atoms with E-state index >= 15 is 0 Å². The minimum Gasteiger partial charge on any atom is -0.418 e. The molecule has 2 saturated heterocycles. The summed E-state index contributed by atoms with van der Waals surface area (Å²) in [6, 6.07) is 34.1. The topological polar surface area (TPSA) is 6.25 Å². The fourth-order valence-electron chi connectivity index (χ4n) is 5.75. The molecule has 4 aromatic carbocycles. The summed E-state index contributed by atoms with van der Waals surface area (Å²) < 4.78 is 80.7. The lowest BCUT2D eigenvalue weighted by atomic mass is 10.3. The number of anilines is 1. The van der Waals surface area contributed by atoms with Crippen molar-refractivity contribution in [1.82, 2.24) is 4.58 Å². The summed E-state index contributed by atoms with van der Waals surface area (Å²) >= 11 is 9.53. The number of halogens is 10. The molecular weight excluding hydrogens is 664 g/mol. The van der Waals surface area contributed by atoms with Crippen molar-refractivity contribution in [3.05, 3.63) is 96.4 Å². The molecule has 0 aromatic heterocycles. The molecule has 0 bridgehead atoms. The molecule has 0 unspecified atom stereocenters. The van der Waals surface area contributed by atoms with Gasteiger partial charge in [-0.05, 0) is 49.2 Å². The summed E-state index contributed by atoms with van der Waals surface area (Å²) in [5, 5.41) is 7.83. The first-order valence-electron chi connectivity index (χ1n) is 14.4. The third-order valence-corrected chi connectivity index (χ3v) is 11.5. The Kier molecular flexibility index (Phi) is 13.8. The van der Waals surface area contributed by atoms with Crippen LogP contribution in [-0.2, 0) is 0 Å². The summed E-state index contributed by atoms with van der Waals surface area (Å²) in [5.74, 6) is 0. The third-order valence-electron chi connectivity index (χ3n) is 7.22. The third kappa shape index (κ3) is 10.8. The molecular formula is C30H33B2Cl2F8N2P. The van der Waals surface area contributed by atoms with Crippen LogP contribution in [0.1, 0.15) is 25.7 Å². The van der Waals surface area contributed by atoms with Gasteiger partial charge in [-0.15, -0.1) is 23.2 Å². The Morgan fingerprint density at radius 3 is 1.20 bits per heavy atom. The van der Waals surface area contributed by atoms with E-state index in [1.54, 1.807) is 16.3 Å². The zero-order valence-corrected chi connectivity index (χ0v) is 26.7. The van der Waals surface area contributed by atoms with E-state index in [4.69, 9.17) is 23.2 Å². The molecule has 2 heterocycles. The van der Waals surface area contributed by atoms with Crippen molar-refractivity contribution in [1.29, 1.82) is 0 Å². The Bertz CT molecular complexity index is 1330. The van der Waals surface area contributed by atoms with Crippen LogP contribution in [-0.4, -0.2) is 46.0 Å². The first-order valence-corrected chi connectivity index (χ1v) is 17.2. The molecule has 0 atom stereocenters. The van der Waals surface area contributed by atoms with Gasteiger partial charge in [-0.25, -0.2) is 4.58 Å². The fourth-order valence-corrected chi connectivity index (χ4v) is 10.3. The van der Waals surface area contributed by atoms with E-state index < -0.39 is 21.8 Å². The maximum atomic E-state index is 9.75. The second kappa shape index (κ2) is 16.8. The number of alkyl halides is 2. The van der Waals surface area contributed by atoms with Crippen molar-refractivity contribution in [2.75, 3.05) is 36.4 Å². The van der Waals surface area contributed by atoms with Gasteiger partial charge in [-0.2, -0.15) is 0 Å². The molecule has 0 radical (unpaired) electrons. The molecule has 0 aliphatic carbocycles. The van der Waals surface area contributed by atoms with Crippen molar-refractivity contribution in [3.63, 3.8) is 0 Å². The molecule has 4 aromatic rings. The summed E-state index contributed by atoms with van der Waals surface area (Å²) in [6.45, 7) is 4.81. The Labute approximate surface area is 268 Å². The van der Waals surface area contributed by atoms with Crippen LogP contribution in [0.2, 0.25) is 0 Å². The largest absolute Gasteiger partial charge is 0.673 e. The van der Waals surface area contributed by atoms with Gasteiger partial charge in [0, 0.05) is 25.9 Å². The molecule has 0 saturated carbocycles. The van der Waals surface area contributed by atoms with Crippen LogP contribution in [0.15, 0.2) is 91.0 Å². The van der Waals surface area contributed by atoms with Gasteiger partial charge >= 0.3 is 14.5 Å². The fraction of sp³-hybridized carbons (Fsp3) is 0.300. The highest BCUT2D eigenvalue weighted by atomic mass is 35.5. The van der Waals surface area contributed by atoms with Gasteiger partial charge in [0.2, 0.25) is 5.30 Å². The molecule has 15 heteroatoms. The normalized spacial score (nSPS) is 15.1. The zero-order valence-electron chi connectivity index (χ0n) is 24.3. The second-order valence-corrected chi connectivity index (χ2v) is 14.3. The molecule has 2 nitrogen and oxygen atoms in total. The lowest BCUT2D eigenvalue weighted by molar-refractivity contribution is 0.366. The average Bonchev–Trinajstić information content (AvgIpc) is 3.35. The summed E-state index contributed by atoms with van der Waals surface area (Å²) in [4.78, 5) is 2.70. The van der Waals surface area contributed by atoms with Gasteiger partial charge in [0.05, 0.1) is 5.34 Å². The number of hydrogen-bond acceptors (Lipinski definition) is 1. The predicted octanol–water partition coefficient (Wildman–Crippen LogP) is 7.37. The lowest BCUT2D eigenvalue weighted by Gasteiger charge is -2.24. The maximum absolute atomic E-state index is 9.75. The Hall–Kier alpha value is -2.55. The minimum absolute atomic E-state index is 0.194. The molecule has 6 rings (SSSR count). The monoisotopic (exact) mass is 696 g/mol. The number of hydrogen-bond donors (Lipinski definition) is 0. The molecule has 244 valence electrons. The lowest BCUT2D eigenvalue weighted by Crippen LogP contribution is -2.39. The number of rotatable bonds is 5. The van der Waals surface area contributed by atoms with Gasteiger partial charge in [0.1, 0.15) is 29.0 Å². The van der Waals surface area contributed by atoms with Gasteiger partial charge in [0.15, 0.2) is 12.9 Å². The van der Waals surface area contributed by atoms with Crippen molar-refractivity contribution >= 4 is 71.9 Å². The highest BCUT2D eigenvalue weighted by molar-refractivity contribution is 8.02. The van der Waals surface area contributed by atoms with Gasteiger partial charge in [0.25, 0.3) is 5.36 Å². The first-order chi connectivity index (χ1) is 21.3. The predicted molar refractivity (Wildman–Crippen MR) is 176 cm³/mol. The number of nitrogens with zero attached hydrogens (tertiary/aromatic N) is 2. The maximum Gasteiger partial charge on any atom is 0.673 e. The van der Waals surface area contributed by atoms with E-state index in [2.05, 4.69) is 100 Å². The van der Waals surface area contributed by atoms with Crippen LogP contribution < -0.4 is 36.1 Å². The van der Waals surface area contributed by atoms with Crippen LogP contribution in [0, 0.1) is 0 Å². The molecule has 2 fully saturated rings. The second-order valence-electron chi connectivity index (χ2n) is 10.2. The Morgan fingerprint density at radius 1 is 0.578 bits per heavy atom. The van der Waals surface area contributed by atoms with Crippen LogP contribution in [0.3, 0.4) is 0 Å². The smallest absolute Gasteiger partial charge is 0.418 e. The Morgan fingerprint density at radius 2 is 0.889 bits per heavy atom. The van der Waals surface area contributed by atoms with E-state index in [1.165, 1.54) is 67.8 Å². The van der Waals surface area contributed by atoms with Crippen LogP contribution in [0.5, 0.6) is 0 Å². The standard InChI is InChI=1S/C29H31N2P.CH2Cl2.2BF4/c1-4-14-24(15-5-1)32(25-16-6-2-7-17-25,26-18-8-3-9-19-26)29-27(30-20-10-11-21-30)28(29)31-22-12-13-23-31;2-1-3;2*2-1(3,4)5/h1-9,14-19H,10-13,20-23H2;1H2;;/q+2;;2*-1. The van der Waals surface area contributed by atoms with Gasteiger partial charge in [-0.3, -0.25) is 0 Å². The van der Waals surface area contributed by atoms with Gasteiger partial charge < -0.3 is 39.4 Å². The van der Waals surface area contributed by atoms with Crippen molar-refractivity contribution in [2.45, 2.75) is 25.7 Å². The van der Waals surface area contributed by atoms with Crippen LogP contribution >= 0.6 is 30.5 Å². The minimum atomic E-state index is -6.00. The summed E-state index contributed by atoms with van der Waals surface area (Å²) in [5.41, 5.74) is 1.58. The molecule has 2 aliphatic rings. The van der Waals surface area contributed by atoms with E-state index in [-0.39, 0.29) is 5.34 Å². The Balaban J connectivity index is 0.000000364. The van der Waals surface area contributed by atoms with E-state index in [1.807, 2.05) is 0 Å². The molecule has 2 aliphatic heterocycles. The van der Waals surface area contributed by atoms with Crippen molar-refractivity contribution < 1.29 is 34.5 Å². The van der Waals surface area contributed by atoms with Crippen molar-refractivity contribution in [2.24, 2.45) is 0 Å². The van der Waals surface area contributed by atoms with E-state index in [0.717, 1.165) is 0 Å². The summed E-state index contributed by atoms with van der Waals surface area (Å²) in [7, 11) is -14.0. The van der Waals surface area contributed by atoms with E-state index in [0.29, 0.717) is 0 Å². The van der Waals surface area contributed by atoms with Crippen LogP contribution in [0.4, 0.5) is 40.2 Å².